The Morgan fingerprint density at radius 3 is 2.83 bits per heavy atom. The van der Waals surface area contributed by atoms with Gasteiger partial charge in [-0.25, -0.2) is 4.98 Å². The van der Waals surface area contributed by atoms with E-state index in [0.717, 1.165) is 28.3 Å². The molecule has 3 rings (SSSR count). The lowest BCUT2D eigenvalue weighted by atomic mass is 10.2. The molecule has 6 heteroatoms. The number of rotatable bonds is 5. The van der Waals surface area contributed by atoms with Gasteiger partial charge in [-0.15, -0.1) is 0 Å². The molecule has 1 heterocycles. The molecule has 0 aliphatic carbocycles. The van der Waals surface area contributed by atoms with Crippen molar-refractivity contribution in [1.29, 1.82) is 0 Å². The number of aromatic nitrogens is 2. The highest BCUT2D eigenvalue weighted by Crippen LogP contribution is 2.24. The van der Waals surface area contributed by atoms with Gasteiger partial charge >= 0.3 is 0 Å². The fourth-order valence-corrected chi connectivity index (χ4v) is 3.53. The van der Waals surface area contributed by atoms with Gasteiger partial charge in [0.1, 0.15) is 0 Å². The van der Waals surface area contributed by atoms with Crippen LogP contribution in [0.1, 0.15) is 12.5 Å². The van der Waals surface area contributed by atoms with E-state index in [1.54, 1.807) is 6.07 Å². The molecular weight excluding hydrogens is 342 g/mol. The maximum Gasteiger partial charge on any atom is 0.234 e. The number of anilines is 1. The van der Waals surface area contributed by atoms with Crippen molar-refractivity contribution < 1.29 is 4.79 Å². The molecule has 0 saturated carbocycles. The minimum Gasteiger partial charge on any atom is -0.325 e. The van der Waals surface area contributed by atoms with Crippen molar-refractivity contribution >= 4 is 46.0 Å². The summed E-state index contributed by atoms with van der Waals surface area (Å²) in [6, 6.07) is 13.5. The number of hydrogen-bond donors (Lipinski definition) is 1. The number of amides is 1. The molecule has 0 fully saturated rings. The zero-order chi connectivity index (χ0) is 17.1. The average Bonchev–Trinajstić information content (AvgIpc) is 2.94. The van der Waals surface area contributed by atoms with Crippen molar-refractivity contribution in [1.82, 2.24) is 9.55 Å². The van der Waals surface area contributed by atoms with Crippen LogP contribution in [0.25, 0.3) is 11.0 Å². The smallest absolute Gasteiger partial charge is 0.234 e. The van der Waals surface area contributed by atoms with Crippen LogP contribution in [0.15, 0.2) is 47.6 Å². The summed E-state index contributed by atoms with van der Waals surface area (Å²) < 4.78 is 2.12. The van der Waals surface area contributed by atoms with E-state index in [0.29, 0.717) is 16.5 Å². The van der Waals surface area contributed by atoms with E-state index in [4.69, 9.17) is 11.6 Å². The van der Waals surface area contributed by atoms with Crippen LogP contribution in [0.5, 0.6) is 0 Å². The molecule has 4 nitrogen and oxygen atoms in total. The molecule has 0 bridgehead atoms. The summed E-state index contributed by atoms with van der Waals surface area (Å²) in [5.41, 5.74) is 3.74. The Bertz CT molecular complexity index is 891. The monoisotopic (exact) mass is 359 g/mol. The van der Waals surface area contributed by atoms with E-state index in [1.807, 2.05) is 43.3 Å². The molecule has 2 aromatic carbocycles. The number of benzene rings is 2. The second kappa shape index (κ2) is 7.28. The second-order valence-corrected chi connectivity index (χ2v) is 6.78. The fraction of sp³-hybridized carbons (Fsp3) is 0.222. The molecule has 3 aromatic rings. The Balaban J connectivity index is 1.69. The minimum absolute atomic E-state index is 0.0744. The summed E-state index contributed by atoms with van der Waals surface area (Å²) in [6.45, 7) is 4.82. The summed E-state index contributed by atoms with van der Waals surface area (Å²) in [6.07, 6.45) is 0. The van der Waals surface area contributed by atoms with Crippen molar-refractivity contribution in [2.24, 2.45) is 0 Å². The van der Waals surface area contributed by atoms with E-state index in [1.165, 1.54) is 11.8 Å². The lowest BCUT2D eigenvalue weighted by molar-refractivity contribution is -0.113. The maximum absolute atomic E-state index is 12.2. The van der Waals surface area contributed by atoms with Gasteiger partial charge in [-0.05, 0) is 43.7 Å². The highest BCUT2D eigenvalue weighted by molar-refractivity contribution is 7.99. The van der Waals surface area contributed by atoms with Gasteiger partial charge in [0, 0.05) is 17.3 Å². The number of nitrogens with zero attached hydrogens (tertiary/aromatic N) is 2. The Labute approximate surface area is 150 Å². The first-order chi connectivity index (χ1) is 11.6. The van der Waals surface area contributed by atoms with E-state index in [9.17, 15) is 4.79 Å². The van der Waals surface area contributed by atoms with Crippen LogP contribution in [0, 0.1) is 6.92 Å². The maximum atomic E-state index is 12.2. The molecule has 0 atom stereocenters. The Morgan fingerprint density at radius 2 is 2.08 bits per heavy atom. The number of carbonyl (C=O) groups excluding carboxylic acids is 1. The number of carbonyl (C=O) groups is 1. The number of halogens is 1. The van der Waals surface area contributed by atoms with Crippen LogP contribution >= 0.6 is 23.4 Å². The Morgan fingerprint density at radius 1 is 1.29 bits per heavy atom. The molecule has 1 N–H and O–H groups in total. The van der Waals surface area contributed by atoms with Crippen molar-refractivity contribution in [3.05, 3.63) is 53.1 Å². The van der Waals surface area contributed by atoms with Gasteiger partial charge in [-0.2, -0.15) is 0 Å². The number of thioether (sulfide) groups is 1. The van der Waals surface area contributed by atoms with E-state index < -0.39 is 0 Å². The van der Waals surface area contributed by atoms with Crippen molar-refractivity contribution in [3.63, 3.8) is 0 Å². The van der Waals surface area contributed by atoms with Gasteiger partial charge in [0.05, 0.1) is 16.8 Å². The standard InChI is InChI=1S/C18H18ClN3OS/c1-3-22-16-7-5-4-6-15(16)21-18(22)24-11-17(23)20-13-9-8-12(2)14(19)10-13/h4-10H,3,11H2,1-2H3,(H,20,23). The third-order valence-electron chi connectivity index (χ3n) is 3.72. The molecular formula is C18H18ClN3OS. The number of imidazole rings is 1. The first-order valence-electron chi connectivity index (χ1n) is 7.72. The largest absolute Gasteiger partial charge is 0.325 e. The van der Waals surface area contributed by atoms with Gasteiger partial charge in [0.15, 0.2) is 5.16 Å². The van der Waals surface area contributed by atoms with Crippen LogP contribution in [0.3, 0.4) is 0 Å². The number of fused-ring (bicyclic) bond motifs is 1. The second-order valence-electron chi connectivity index (χ2n) is 5.43. The molecule has 1 amide bonds. The predicted molar refractivity (Wildman–Crippen MR) is 101 cm³/mol. The molecule has 24 heavy (non-hydrogen) atoms. The molecule has 124 valence electrons. The number of para-hydroxylation sites is 2. The SMILES string of the molecule is CCn1c(SCC(=O)Nc2ccc(C)c(Cl)c2)nc2ccccc21. The molecule has 0 aliphatic rings. The fourth-order valence-electron chi connectivity index (χ4n) is 2.47. The van der Waals surface area contributed by atoms with Crippen LogP contribution in [0.2, 0.25) is 5.02 Å². The van der Waals surface area contributed by atoms with Crippen molar-refractivity contribution in [3.8, 4) is 0 Å². The van der Waals surface area contributed by atoms with Crippen molar-refractivity contribution in [2.45, 2.75) is 25.5 Å². The number of aryl methyl sites for hydroxylation is 2. The molecule has 0 unspecified atom stereocenters. The van der Waals surface area contributed by atoms with E-state index >= 15 is 0 Å². The van der Waals surface area contributed by atoms with Crippen LogP contribution in [-0.2, 0) is 11.3 Å². The van der Waals surface area contributed by atoms with Crippen LogP contribution in [0.4, 0.5) is 5.69 Å². The van der Waals surface area contributed by atoms with E-state index in [2.05, 4.69) is 21.8 Å². The lowest BCUT2D eigenvalue weighted by Gasteiger charge is -2.08. The summed E-state index contributed by atoms with van der Waals surface area (Å²) in [4.78, 5) is 16.8. The first kappa shape index (κ1) is 16.9. The quantitative estimate of drug-likeness (QED) is 0.669. The number of hydrogen-bond acceptors (Lipinski definition) is 3. The van der Waals surface area contributed by atoms with Crippen molar-refractivity contribution in [2.75, 3.05) is 11.1 Å². The third-order valence-corrected chi connectivity index (χ3v) is 5.11. The molecule has 0 spiro atoms. The zero-order valence-electron chi connectivity index (χ0n) is 13.5. The molecule has 0 radical (unpaired) electrons. The topological polar surface area (TPSA) is 46.9 Å². The summed E-state index contributed by atoms with van der Waals surface area (Å²) >= 11 is 7.52. The zero-order valence-corrected chi connectivity index (χ0v) is 15.1. The van der Waals surface area contributed by atoms with Crippen LogP contribution in [-0.4, -0.2) is 21.2 Å². The van der Waals surface area contributed by atoms with E-state index in [-0.39, 0.29) is 5.91 Å². The first-order valence-corrected chi connectivity index (χ1v) is 9.09. The highest BCUT2D eigenvalue weighted by Gasteiger charge is 2.12. The predicted octanol–water partition coefficient (Wildman–Crippen LogP) is 4.75. The lowest BCUT2D eigenvalue weighted by Crippen LogP contribution is -2.14. The van der Waals surface area contributed by atoms with Gasteiger partial charge in [-0.3, -0.25) is 4.79 Å². The molecule has 0 aliphatic heterocycles. The Hall–Kier alpha value is -1.98. The van der Waals surface area contributed by atoms with Crippen LogP contribution < -0.4 is 5.32 Å². The highest BCUT2D eigenvalue weighted by atomic mass is 35.5. The Kier molecular flexibility index (Phi) is 5.11. The van der Waals surface area contributed by atoms with Gasteiger partial charge < -0.3 is 9.88 Å². The summed E-state index contributed by atoms with van der Waals surface area (Å²) in [5, 5.41) is 4.37. The van der Waals surface area contributed by atoms with Gasteiger partial charge in [0.2, 0.25) is 5.91 Å². The minimum atomic E-state index is -0.0744. The third kappa shape index (κ3) is 3.57. The summed E-state index contributed by atoms with van der Waals surface area (Å²) in [5.74, 6) is 0.226. The number of nitrogens with one attached hydrogen (secondary N) is 1. The average molecular weight is 360 g/mol. The normalized spacial score (nSPS) is 11.0. The van der Waals surface area contributed by atoms with Gasteiger partial charge in [-0.1, -0.05) is 41.6 Å². The summed E-state index contributed by atoms with van der Waals surface area (Å²) in [7, 11) is 0. The molecule has 0 saturated heterocycles. The molecule has 1 aromatic heterocycles. The van der Waals surface area contributed by atoms with Gasteiger partial charge in [0.25, 0.3) is 0 Å².